The third kappa shape index (κ3) is 3.80. The summed E-state index contributed by atoms with van der Waals surface area (Å²) in [5.41, 5.74) is 6.98. The second-order valence-corrected chi connectivity index (χ2v) is 3.62. The SMILES string of the molecule is CCCCCC(=O)c1ccnc(CN)c1. The minimum Gasteiger partial charge on any atom is -0.325 e. The highest BCUT2D eigenvalue weighted by Crippen LogP contribution is 2.08. The van der Waals surface area contributed by atoms with Gasteiger partial charge >= 0.3 is 0 Å². The Bertz CT molecular complexity index is 323. The maximum Gasteiger partial charge on any atom is 0.162 e. The van der Waals surface area contributed by atoms with Crippen LogP contribution >= 0.6 is 0 Å². The van der Waals surface area contributed by atoms with E-state index in [9.17, 15) is 4.79 Å². The van der Waals surface area contributed by atoms with Gasteiger partial charge in [-0.05, 0) is 18.6 Å². The summed E-state index contributed by atoms with van der Waals surface area (Å²) in [6.45, 7) is 2.51. The number of aromatic nitrogens is 1. The lowest BCUT2D eigenvalue weighted by atomic mass is 10.1. The van der Waals surface area contributed by atoms with Gasteiger partial charge in [-0.15, -0.1) is 0 Å². The lowest BCUT2D eigenvalue weighted by Crippen LogP contribution is -2.04. The fourth-order valence-electron chi connectivity index (χ4n) is 1.44. The van der Waals surface area contributed by atoms with Crippen molar-refractivity contribution in [3.05, 3.63) is 29.6 Å². The third-order valence-electron chi connectivity index (χ3n) is 2.36. The van der Waals surface area contributed by atoms with Gasteiger partial charge in [-0.1, -0.05) is 19.8 Å². The van der Waals surface area contributed by atoms with Crippen LogP contribution in [-0.4, -0.2) is 10.8 Å². The van der Waals surface area contributed by atoms with Crippen LogP contribution in [0.2, 0.25) is 0 Å². The van der Waals surface area contributed by atoms with E-state index in [0.717, 1.165) is 30.5 Å². The largest absolute Gasteiger partial charge is 0.325 e. The molecule has 0 bridgehead atoms. The first-order chi connectivity index (χ1) is 7.27. The Balaban J connectivity index is 2.57. The maximum atomic E-state index is 11.7. The highest BCUT2D eigenvalue weighted by Gasteiger charge is 2.05. The number of Topliss-reactive ketones (excluding diaryl/α,β-unsaturated/α-hetero) is 1. The van der Waals surface area contributed by atoms with Gasteiger partial charge in [0, 0.05) is 24.7 Å². The summed E-state index contributed by atoms with van der Waals surface area (Å²) in [7, 11) is 0. The third-order valence-corrected chi connectivity index (χ3v) is 2.36. The number of ketones is 1. The molecule has 0 aliphatic rings. The summed E-state index contributed by atoms with van der Waals surface area (Å²) >= 11 is 0. The zero-order chi connectivity index (χ0) is 11.1. The van der Waals surface area contributed by atoms with Crippen molar-refractivity contribution < 1.29 is 4.79 Å². The highest BCUT2D eigenvalue weighted by atomic mass is 16.1. The molecule has 1 aromatic heterocycles. The van der Waals surface area contributed by atoms with E-state index < -0.39 is 0 Å². The summed E-state index contributed by atoms with van der Waals surface area (Å²) in [6.07, 6.45) is 5.49. The fourth-order valence-corrected chi connectivity index (χ4v) is 1.44. The number of carbonyl (C=O) groups excluding carboxylic acids is 1. The van der Waals surface area contributed by atoms with Crippen LogP contribution in [-0.2, 0) is 6.54 Å². The van der Waals surface area contributed by atoms with Gasteiger partial charge in [0.05, 0.1) is 5.69 Å². The standard InChI is InChI=1S/C12H18N2O/c1-2-3-4-5-12(15)10-6-7-14-11(8-10)9-13/h6-8H,2-5,9,13H2,1H3. The van der Waals surface area contributed by atoms with Crippen LogP contribution in [0.1, 0.15) is 48.7 Å². The number of unbranched alkanes of at least 4 members (excludes halogenated alkanes) is 2. The Kier molecular flexibility index (Phi) is 4.98. The Morgan fingerprint density at radius 2 is 2.27 bits per heavy atom. The molecule has 0 saturated heterocycles. The van der Waals surface area contributed by atoms with Crippen molar-refractivity contribution >= 4 is 5.78 Å². The van der Waals surface area contributed by atoms with E-state index in [2.05, 4.69) is 11.9 Å². The summed E-state index contributed by atoms with van der Waals surface area (Å²) in [6, 6.07) is 3.54. The van der Waals surface area contributed by atoms with Gasteiger partial charge in [-0.2, -0.15) is 0 Å². The molecule has 82 valence electrons. The molecular formula is C12H18N2O. The van der Waals surface area contributed by atoms with E-state index in [4.69, 9.17) is 5.73 Å². The van der Waals surface area contributed by atoms with E-state index in [-0.39, 0.29) is 5.78 Å². The lowest BCUT2D eigenvalue weighted by molar-refractivity contribution is 0.0979. The Morgan fingerprint density at radius 1 is 1.47 bits per heavy atom. The summed E-state index contributed by atoms with van der Waals surface area (Å²) < 4.78 is 0. The van der Waals surface area contributed by atoms with Gasteiger partial charge in [0.25, 0.3) is 0 Å². The molecule has 1 heterocycles. The van der Waals surface area contributed by atoms with Crippen LogP contribution in [0.5, 0.6) is 0 Å². The molecule has 0 fully saturated rings. The number of hydrogen-bond acceptors (Lipinski definition) is 3. The monoisotopic (exact) mass is 206 g/mol. The van der Waals surface area contributed by atoms with Crippen molar-refractivity contribution in [3.8, 4) is 0 Å². The van der Waals surface area contributed by atoms with Gasteiger partial charge < -0.3 is 5.73 Å². The zero-order valence-electron chi connectivity index (χ0n) is 9.20. The van der Waals surface area contributed by atoms with E-state index >= 15 is 0 Å². The van der Waals surface area contributed by atoms with Gasteiger partial charge in [0.1, 0.15) is 0 Å². The van der Waals surface area contributed by atoms with E-state index in [0.29, 0.717) is 13.0 Å². The first kappa shape index (κ1) is 11.9. The second-order valence-electron chi connectivity index (χ2n) is 3.62. The van der Waals surface area contributed by atoms with Crippen molar-refractivity contribution in [2.75, 3.05) is 0 Å². The average molecular weight is 206 g/mol. The van der Waals surface area contributed by atoms with Crippen molar-refractivity contribution in [1.82, 2.24) is 4.98 Å². The molecule has 15 heavy (non-hydrogen) atoms. The summed E-state index contributed by atoms with van der Waals surface area (Å²) in [5.74, 6) is 0.195. The van der Waals surface area contributed by atoms with E-state index in [1.54, 1.807) is 18.3 Å². The second kappa shape index (κ2) is 6.30. The molecule has 3 heteroatoms. The summed E-state index contributed by atoms with van der Waals surface area (Å²) in [4.78, 5) is 15.8. The molecule has 0 aromatic carbocycles. The van der Waals surface area contributed by atoms with Crippen LogP contribution in [0.25, 0.3) is 0 Å². The fraction of sp³-hybridized carbons (Fsp3) is 0.500. The molecule has 0 amide bonds. The normalized spacial score (nSPS) is 10.3. The van der Waals surface area contributed by atoms with Crippen molar-refractivity contribution in [2.24, 2.45) is 5.73 Å². The number of nitrogens with two attached hydrogens (primary N) is 1. The topological polar surface area (TPSA) is 56.0 Å². The Morgan fingerprint density at radius 3 is 2.93 bits per heavy atom. The molecule has 0 aliphatic heterocycles. The molecule has 0 unspecified atom stereocenters. The number of nitrogens with zero attached hydrogens (tertiary/aromatic N) is 1. The van der Waals surface area contributed by atoms with Crippen LogP contribution in [0.15, 0.2) is 18.3 Å². The molecule has 3 nitrogen and oxygen atoms in total. The van der Waals surface area contributed by atoms with Crippen molar-refractivity contribution in [2.45, 2.75) is 39.2 Å². The quantitative estimate of drug-likeness (QED) is 0.574. The minimum atomic E-state index is 0.195. The van der Waals surface area contributed by atoms with E-state index in [1.165, 1.54) is 0 Å². The average Bonchev–Trinajstić information content (AvgIpc) is 2.29. The number of carbonyl (C=O) groups is 1. The molecular weight excluding hydrogens is 188 g/mol. The molecule has 2 N–H and O–H groups in total. The minimum absolute atomic E-state index is 0.195. The van der Waals surface area contributed by atoms with Crippen LogP contribution in [0.3, 0.4) is 0 Å². The molecule has 1 aromatic rings. The van der Waals surface area contributed by atoms with Gasteiger partial charge in [0.15, 0.2) is 5.78 Å². The van der Waals surface area contributed by atoms with Gasteiger partial charge in [-0.3, -0.25) is 9.78 Å². The highest BCUT2D eigenvalue weighted by molar-refractivity contribution is 5.96. The number of pyridine rings is 1. The number of hydrogen-bond donors (Lipinski definition) is 1. The molecule has 0 radical (unpaired) electrons. The summed E-state index contributed by atoms with van der Waals surface area (Å²) in [5, 5.41) is 0. The molecule has 1 rings (SSSR count). The van der Waals surface area contributed by atoms with Crippen LogP contribution in [0.4, 0.5) is 0 Å². The van der Waals surface area contributed by atoms with Gasteiger partial charge in [-0.25, -0.2) is 0 Å². The van der Waals surface area contributed by atoms with Crippen molar-refractivity contribution in [1.29, 1.82) is 0 Å². The predicted molar refractivity (Wildman–Crippen MR) is 60.6 cm³/mol. The Labute approximate surface area is 90.7 Å². The molecule has 0 aliphatic carbocycles. The maximum absolute atomic E-state index is 11.7. The first-order valence-electron chi connectivity index (χ1n) is 5.46. The Hall–Kier alpha value is -1.22. The predicted octanol–water partition coefficient (Wildman–Crippen LogP) is 2.30. The van der Waals surface area contributed by atoms with E-state index in [1.807, 2.05) is 0 Å². The first-order valence-corrected chi connectivity index (χ1v) is 5.46. The van der Waals surface area contributed by atoms with Crippen LogP contribution in [0, 0.1) is 0 Å². The molecule has 0 atom stereocenters. The van der Waals surface area contributed by atoms with Crippen LogP contribution < -0.4 is 5.73 Å². The number of rotatable bonds is 6. The molecule has 0 saturated carbocycles. The zero-order valence-corrected chi connectivity index (χ0v) is 9.20. The van der Waals surface area contributed by atoms with Crippen molar-refractivity contribution in [3.63, 3.8) is 0 Å². The smallest absolute Gasteiger partial charge is 0.162 e. The van der Waals surface area contributed by atoms with Gasteiger partial charge in [0.2, 0.25) is 0 Å². The molecule has 0 spiro atoms. The lowest BCUT2D eigenvalue weighted by Gasteiger charge is -2.02.